The van der Waals surface area contributed by atoms with Gasteiger partial charge in [0.25, 0.3) is 5.91 Å². The van der Waals surface area contributed by atoms with Crippen LogP contribution in [0.25, 0.3) is 0 Å². The minimum Gasteiger partial charge on any atom is -0.496 e. The molecule has 1 amide bonds. The number of ether oxygens (including phenoxy) is 2. The van der Waals surface area contributed by atoms with Crippen LogP contribution < -0.4 is 4.74 Å². The van der Waals surface area contributed by atoms with Crippen LogP contribution in [0.1, 0.15) is 28.8 Å². The van der Waals surface area contributed by atoms with Crippen molar-refractivity contribution in [2.75, 3.05) is 27.4 Å². The van der Waals surface area contributed by atoms with E-state index in [0.717, 1.165) is 24.9 Å². The second-order valence-electron chi connectivity index (χ2n) is 4.90. The van der Waals surface area contributed by atoms with Crippen LogP contribution in [0.3, 0.4) is 0 Å². The van der Waals surface area contributed by atoms with Gasteiger partial charge in [0.1, 0.15) is 5.75 Å². The summed E-state index contributed by atoms with van der Waals surface area (Å²) in [6, 6.07) is 5.86. The van der Waals surface area contributed by atoms with Crippen LogP contribution in [-0.4, -0.2) is 44.2 Å². The van der Waals surface area contributed by atoms with E-state index in [1.165, 1.54) is 0 Å². The third-order valence-corrected chi connectivity index (χ3v) is 3.67. The molecule has 1 atom stereocenters. The van der Waals surface area contributed by atoms with Gasteiger partial charge in [-0.15, -0.1) is 0 Å². The van der Waals surface area contributed by atoms with Gasteiger partial charge in [0, 0.05) is 13.7 Å². The van der Waals surface area contributed by atoms with E-state index < -0.39 is 0 Å². The Morgan fingerprint density at radius 1 is 1.42 bits per heavy atom. The Hall–Kier alpha value is -1.55. The predicted molar refractivity (Wildman–Crippen MR) is 73.7 cm³/mol. The number of carbonyl (C=O) groups excluding carboxylic acids is 1. The molecule has 4 nitrogen and oxygen atoms in total. The highest BCUT2D eigenvalue weighted by atomic mass is 16.5. The van der Waals surface area contributed by atoms with Gasteiger partial charge in [-0.05, 0) is 31.4 Å². The molecular weight excluding hydrogens is 242 g/mol. The maximum Gasteiger partial charge on any atom is 0.258 e. The van der Waals surface area contributed by atoms with E-state index in [1.807, 2.05) is 30.0 Å². The minimum absolute atomic E-state index is 0.0505. The molecule has 0 N–H and O–H groups in total. The molecule has 1 aromatic rings. The van der Waals surface area contributed by atoms with E-state index in [2.05, 4.69) is 0 Å². The molecular formula is C15H21NO3. The van der Waals surface area contributed by atoms with Crippen LogP contribution >= 0.6 is 0 Å². The number of rotatable bonds is 4. The number of likely N-dealkylation sites (tertiary alicyclic amines) is 1. The lowest BCUT2D eigenvalue weighted by Gasteiger charge is -2.25. The van der Waals surface area contributed by atoms with Crippen LogP contribution in [0.5, 0.6) is 5.75 Å². The average molecular weight is 263 g/mol. The Morgan fingerprint density at radius 2 is 2.21 bits per heavy atom. The fourth-order valence-electron chi connectivity index (χ4n) is 2.70. The maximum atomic E-state index is 12.7. The molecule has 0 bridgehead atoms. The predicted octanol–water partition coefficient (Wildman–Crippen LogP) is 2.25. The molecule has 2 rings (SSSR count). The molecule has 1 saturated heterocycles. The zero-order chi connectivity index (χ0) is 13.8. The lowest BCUT2D eigenvalue weighted by molar-refractivity contribution is 0.0627. The quantitative estimate of drug-likeness (QED) is 0.836. The summed E-state index contributed by atoms with van der Waals surface area (Å²) in [6.45, 7) is 3.33. The van der Waals surface area contributed by atoms with E-state index in [9.17, 15) is 4.79 Å². The van der Waals surface area contributed by atoms with Gasteiger partial charge in [0.05, 0.1) is 25.3 Å². The number of hydrogen-bond donors (Lipinski definition) is 0. The van der Waals surface area contributed by atoms with Gasteiger partial charge >= 0.3 is 0 Å². The largest absolute Gasteiger partial charge is 0.496 e. The molecule has 1 heterocycles. The summed E-state index contributed by atoms with van der Waals surface area (Å²) in [7, 11) is 3.28. The SMILES string of the molecule is COC[C@@H]1CCCN1C(=O)c1c(C)cccc1OC. The Kier molecular flexibility index (Phi) is 4.43. The standard InChI is InChI=1S/C15H21NO3/c1-11-6-4-8-13(19-3)14(11)15(17)16-9-5-7-12(16)10-18-2/h4,6,8,12H,5,7,9-10H2,1-3H3/t12-/m0/s1. The van der Waals surface area contributed by atoms with Crippen molar-refractivity contribution in [3.05, 3.63) is 29.3 Å². The van der Waals surface area contributed by atoms with E-state index in [4.69, 9.17) is 9.47 Å². The fourth-order valence-corrected chi connectivity index (χ4v) is 2.70. The molecule has 19 heavy (non-hydrogen) atoms. The van der Waals surface area contributed by atoms with Crippen molar-refractivity contribution in [1.29, 1.82) is 0 Å². The number of carbonyl (C=O) groups is 1. The summed E-state index contributed by atoms with van der Waals surface area (Å²) in [5.41, 5.74) is 1.63. The topological polar surface area (TPSA) is 38.8 Å². The summed E-state index contributed by atoms with van der Waals surface area (Å²) in [6.07, 6.45) is 2.04. The van der Waals surface area contributed by atoms with E-state index in [0.29, 0.717) is 17.9 Å². The smallest absolute Gasteiger partial charge is 0.258 e. The molecule has 1 fully saturated rings. The van der Waals surface area contributed by atoms with E-state index in [-0.39, 0.29) is 11.9 Å². The van der Waals surface area contributed by atoms with Gasteiger partial charge in [-0.3, -0.25) is 4.79 Å². The molecule has 0 aliphatic carbocycles. The highest BCUT2D eigenvalue weighted by Gasteiger charge is 2.31. The van der Waals surface area contributed by atoms with Crippen molar-refractivity contribution in [1.82, 2.24) is 4.90 Å². The Labute approximate surface area is 114 Å². The van der Waals surface area contributed by atoms with Crippen LogP contribution in [0.4, 0.5) is 0 Å². The lowest BCUT2D eigenvalue weighted by Crippen LogP contribution is -2.38. The zero-order valence-corrected chi connectivity index (χ0v) is 11.8. The van der Waals surface area contributed by atoms with E-state index in [1.54, 1.807) is 14.2 Å². The first-order chi connectivity index (χ1) is 9.19. The van der Waals surface area contributed by atoms with Crippen molar-refractivity contribution in [2.24, 2.45) is 0 Å². The number of amides is 1. The van der Waals surface area contributed by atoms with Crippen molar-refractivity contribution >= 4 is 5.91 Å². The van der Waals surface area contributed by atoms with Crippen molar-refractivity contribution in [3.8, 4) is 5.75 Å². The Balaban J connectivity index is 2.29. The fraction of sp³-hybridized carbons (Fsp3) is 0.533. The third kappa shape index (κ3) is 2.73. The molecule has 0 unspecified atom stereocenters. The first kappa shape index (κ1) is 13.9. The lowest BCUT2D eigenvalue weighted by atomic mass is 10.1. The summed E-state index contributed by atoms with van der Waals surface area (Å²) >= 11 is 0. The number of aryl methyl sites for hydroxylation is 1. The van der Waals surface area contributed by atoms with Crippen LogP contribution in [0.2, 0.25) is 0 Å². The molecule has 0 radical (unpaired) electrons. The molecule has 0 spiro atoms. The Morgan fingerprint density at radius 3 is 2.89 bits per heavy atom. The summed E-state index contributed by atoms with van der Waals surface area (Å²) in [5.74, 6) is 0.697. The van der Waals surface area contributed by atoms with Crippen molar-refractivity contribution in [2.45, 2.75) is 25.8 Å². The highest BCUT2D eigenvalue weighted by Crippen LogP contribution is 2.27. The van der Waals surface area contributed by atoms with Gasteiger partial charge in [-0.1, -0.05) is 12.1 Å². The first-order valence-corrected chi connectivity index (χ1v) is 6.62. The number of hydrogen-bond acceptors (Lipinski definition) is 3. The van der Waals surface area contributed by atoms with Gasteiger partial charge in [-0.2, -0.15) is 0 Å². The molecule has 0 saturated carbocycles. The minimum atomic E-state index is 0.0505. The molecule has 104 valence electrons. The molecule has 1 aliphatic rings. The normalized spacial score (nSPS) is 18.7. The van der Waals surface area contributed by atoms with Crippen LogP contribution in [0, 0.1) is 6.92 Å². The van der Waals surface area contributed by atoms with Gasteiger partial charge < -0.3 is 14.4 Å². The number of nitrogens with zero attached hydrogens (tertiary/aromatic N) is 1. The van der Waals surface area contributed by atoms with Gasteiger partial charge in [0.2, 0.25) is 0 Å². The Bertz CT molecular complexity index is 459. The van der Waals surface area contributed by atoms with Gasteiger partial charge in [-0.25, -0.2) is 0 Å². The van der Waals surface area contributed by atoms with Crippen molar-refractivity contribution < 1.29 is 14.3 Å². The molecule has 4 heteroatoms. The highest BCUT2D eigenvalue weighted by molar-refractivity contribution is 5.98. The van der Waals surface area contributed by atoms with Crippen LogP contribution in [-0.2, 0) is 4.74 Å². The summed E-state index contributed by atoms with van der Waals surface area (Å²) in [4.78, 5) is 14.6. The molecule has 1 aromatic carbocycles. The summed E-state index contributed by atoms with van der Waals surface area (Å²) < 4.78 is 10.5. The number of benzene rings is 1. The first-order valence-electron chi connectivity index (χ1n) is 6.62. The molecule has 1 aliphatic heterocycles. The van der Waals surface area contributed by atoms with E-state index >= 15 is 0 Å². The third-order valence-electron chi connectivity index (χ3n) is 3.67. The summed E-state index contributed by atoms with van der Waals surface area (Å²) in [5, 5.41) is 0. The van der Waals surface area contributed by atoms with Crippen LogP contribution in [0.15, 0.2) is 18.2 Å². The second kappa shape index (κ2) is 6.06. The maximum absolute atomic E-state index is 12.7. The molecule has 0 aromatic heterocycles. The second-order valence-corrected chi connectivity index (χ2v) is 4.90. The van der Waals surface area contributed by atoms with Crippen molar-refractivity contribution in [3.63, 3.8) is 0 Å². The monoisotopic (exact) mass is 263 g/mol. The number of methoxy groups -OCH3 is 2. The zero-order valence-electron chi connectivity index (χ0n) is 11.8. The van der Waals surface area contributed by atoms with Gasteiger partial charge in [0.15, 0.2) is 0 Å². The average Bonchev–Trinajstić information content (AvgIpc) is 2.86.